The zero-order chi connectivity index (χ0) is 12.5. The summed E-state index contributed by atoms with van der Waals surface area (Å²) in [4.78, 5) is 1.34. The highest BCUT2D eigenvalue weighted by Crippen LogP contribution is 2.35. The first-order valence-corrected chi connectivity index (χ1v) is 8.40. The van der Waals surface area contributed by atoms with Crippen molar-refractivity contribution in [3.05, 3.63) is 21.3 Å². The van der Waals surface area contributed by atoms with Crippen LogP contribution in [0.3, 0.4) is 0 Å². The molecule has 0 amide bonds. The number of halogens is 1. The van der Waals surface area contributed by atoms with Crippen LogP contribution in [0.4, 0.5) is 0 Å². The number of rotatable bonds is 3. The Morgan fingerprint density at radius 1 is 1.47 bits per heavy atom. The van der Waals surface area contributed by atoms with E-state index in [1.807, 2.05) is 6.07 Å². The van der Waals surface area contributed by atoms with Gasteiger partial charge in [-0.25, -0.2) is 0 Å². The third-order valence-electron chi connectivity index (χ3n) is 3.12. The molecule has 0 saturated carbocycles. The van der Waals surface area contributed by atoms with E-state index in [1.165, 1.54) is 22.8 Å². The normalized spacial score (nSPS) is 25.8. The SMILES string of the molecule is CC(NC1CSCC(C)(C)C1)c1ccc(Cl)s1. The monoisotopic (exact) mass is 289 g/mol. The van der Waals surface area contributed by atoms with E-state index in [9.17, 15) is 0 Å². The van der Waals surface area contributed by atoms with E-state index in [-0.39, 0.29) is 0 Å². The second kappa shape index (κ2) is 5.52. The fourth-order valence-corrected chi connectivity index (χ4v) is 4.73. The Hall–Kier alpha value is 0.300. The molecule has 0 bridgehead atoms. The molecule has 0 radical (unpaired) electrons. The van der Waals surface area contributed by atoms with Gasteiger partial charge in [-0.2, -0.15) is 11.8 Å². The summed E-state index contributed by atoms with van der Waals surface area (Å²) < 4.78 is 0.881. The Labute approximate surface area is 117 Å². The number of thiophene rings is 1. The van der Waals surface area contributed by atoms with E-state index in [0.29, 0.717) is 17.5 Å². The third-order valence-corrected chi connectivity index (χ3v) is 6.15. The Balaban J connectivity index is 1.92. The van der Waals surface area contributed by atoms with Crippen LogP contribution in [0.5, 0.6) is 0 Å². The fourth-order valence-electron chi connectivity index (χ4n) is 2.37. The van der Waals surface area contributed by atoms with Crippen LogP contribution >= 0.6 is 34.7 Å². The molecule has 1 saturated heterocycles. The first kappa shape index (κ1) is 13.7. The van der Waals surface area contributed by atoms with E-state index < -0.39 is 0 Å². The molecule has 4 heteroatoms. The van der Waals surface area contributed by atoms with Crippen molar-refractivity contribution in [2.75, 3.05) is 11.5 Å². The van der Waals surface area contributed by atoms with Crippen molar-refractivity contribution in [2.45, 2.75) is 39.3 Å². The van der Waals surface area contributed by atoms with E-state index in [1.54, 1.807) is 11.3 Å². The second-order valence-corrected chi connectivity index (χ2v) is 8.39. The van der Waals surface area contributed by atoms with Gasteiger partial charge in [0.25, 0.3) is 0 Å². The molecule has 1 fully saturated rings. The molecular formula is C13H20ClNS2. The van der Waals surface area contributed by atoms with Crippen molar-refractivity contribution < 1.29 is 0 Å². The Morgan fingerprint density at radius 2 is 2.24 bits per heavy atom. The lowest BCUT2D eigenvalue weighted by molar-refractivity contribution is 0.306. The number of hydrogen-bond acceptors (Lipinski definition) is 3. The zero-order valence-corrected chi connectivity index (χ0v) is 13.0. The van der Waals surface area contributed by atoms with Crippen molar-refractivity contribution >= 4 is 34.7 Å². The van der Waals surface area contributed by atoms with Crippen LogP contribution in [0.15, 0.2) is 12.1 Å². The first-order valence-electron chi connectivity index (χ1n) is 6.05. The van der Waals surface area contributed by atoms with Crippen molar-refractivity contribution in [1.82, 2.24) is 5.32 Å². The quantitative estimate of drug-likeness (QED) is 0.874. The topological polar surface area (TPSA) is 12.0 Å². The molecule has 2 heterocycles. The maximum atomic E-state index is 5.98. The van der Waals surface area contributed by atoms with Crippen molar-refractivity contribution in [3.63, 3.8) is 0 Å². The number of nitrogens with one attached hydrogen (secondary N) is 1. The number of hydrogen-bond donors (Lipinski definition) is 1. The van der Waals surface area contributed by atoms with Crippen LogP contribution < -0.4 is 5.32 Å². The van der Waals surface area contributed by atoms with Crippen LogP contribution in [-0.4, -0.2) is 17.5 Å². The summed E-state index contributed by atoms with van der Waals surface area (Å²) >= 11 is 9.73. The summed E-state index contributed by atoms with van der Waals surface area (Å²) in [5.41, 5.74) is 0.466. The molecule has 1 N–H and O–H groups in total. The van der Waals surface area contributed by atoms with Gasteiger partial charge in [-0.15, -0.1) is 11.3 Å². The van der Waals surface area contributed by atoms with Crippen LogP contribution in [0.1, 0.15) is 38.1 Å². The lowest BCUT2D eigenvalue weighted by atomic mass is 9.87. The predicted molar refractivity (Wildman–Crippen MR) is 80.4 cm³/mol. The molecule has 2 atom stereocenters. The van der Waals surface area contributed by atoms with Gasteiger partial charge in [-0.3, -0.25) is 0 Å². The molecule has 2 rings (SSSR count). The maximum Gasteiger partial charge on any atom is 0.0931 e. The van der Waals surface area contributed by atoms with Gasteiger partial charge < -0.3 is 5.32 Å². The Morgan fingerprint density at radius 3 is 2.82 bits per heavy atom. The molecule has 0 aromatic carbocycles. The average molecular weight is 290 g/mol. The highest BCUT2D eigenvalue weighted by Gasteiger charge is 2.29. The van der Waals surface area contributed by atoms with Gasteiger partial charge >= 0.3 is 0 Å². The van der Waals surface area contributed by atoms with Gasteiger partial charge in [0, 0.05) is 22.7 Å². The largest absolute Gasteiger partial charge is 0.306 e. The van der Waals surface area contributed by atoms with Gasteiger partial charge in [0.2, 0.25) is 0 Å². The van der Waals surface area contributed by atoms with Crippen LogP contribution in [0.2, 0.25) is 4.34 Å². The van der Waals surface area contributed by atoms with Crippen molar-refractivity contribution in [2.24, 2.45) is 5.41 Å². The molecule has 1 aromatic rings. The van der Waals surface area contributed by atoms with Gasteiger partial charge in [0.05, 0.1) is 4.34 Å². The molecule has 1 aliphatic heterocycles. The van der Waals surface area contributed by atoms with Crippen LogP contribution in [0.25, 0.3) is 0 Å². The molecule has 17 heavy (non-hydrogen) atoms. The fraction of sp³-hybridized carbons (Fsp3) is 0.692. The van der Waals surface area contributed by atoms with E-state index in [4.69, 9.17) is 11.6 Å². The summed E-state index contributed by atoms with van der Waals surface area (Å²) in [6, 6.07) is 5.15. The minimum atomic E-state index is 0.409. The van der Waals surface area contributed by atoms with Crippen LogP contribution in [-0.2, 0) is 0 Å². The van der Waals surface area contributed by atoms with Crippen LogP contribution in [0, 0.1) is 5.41 Å². The molecule has 0 aliphatic carbocycles. The summed E-state index contributed by atoms with van der Waals surface area (Å²) in [6.45, 7) is 6.95. The van der Waals surface area contributed by atoms with E-state index >= 15 is 0 Å². The van der Waals surface area contributed by atoms with Crippen molar-refractivity contribution in [1.29, 1.82) is 0 Å². The summed E-state index contributed by atoms with van der Waals surface area (Å²) in [7, 11) is 0. The van der Waals surface area contributed by atoms with Gasteiger partial charge in [-0.1, -0.05) is 25.4 Å². The molecule has 0 spiro atoms. The third kappa shape index (κ3) is 3.88. The Bertz CT molecular complexity index is 375. The first-order chi connectivity index (χ1) is 7.96. The maximum absolute atomic E-state index is 5.98. The van der Waals surface area contributed by atoms with Gasteiger partial charge in [0.1, 0.15) is 0 Å². The lowest BCUT2D eigenvalue weighted by Crippen LogP contribution is -2.41. The molecule has 1 nitrogen and oxygen atoms in total. The highest BCUT2D eigenvalue weighted by atomic mass is 35.5. The molecule has 1 aliphatic rings. The van der Waals surface area contributed by atoms with E-state index in [0.717, 1.165) is 4.34 Å². The summed E-state index contributed by atoms with van der Waals surface area (Å²) in [5.74, 6) is 2.51. The van der Waals surface area contributed by atoms with Crippen molar-refractivity contribution in [3.8, 4) is 0 Å². The smallest absolute Gasteiger partial charge is 0.0931 e. The molecule has 96 valence electrons. The summed E-state index contributed by atoms with van der Waals surface area (Å²) in [5, 5.41) is 3.73. The standard InChI is InChI=1S/C13H20ClNS2/c1-9(11-4-5-12(14)17-11)15-10-6-13(2,3)8-16-7-10/h4-5,9-10,15H,6-8H2,1-3H3. The Kier molecular flexibility index (Phi) is 4.45. The molecule has 2 unspecified atom stereocenters. The lowest BCUT2D eigenvalue weighted by Gasteiger charge is -2.36. The highest BCUT2D eigenvalue weighted by molar-refractivity contribution is 7.99. The number of thioether (sulfide) groups is 1. The molecule has 1 aromatic heterocycles. The molecular weight excluding hydrogens is 270 g/mol. The minimum Gasteiger partial charge on any atom is -0.306 e. The van der Waals surface area contributed by atoms with E-state index in [2.05, 4.69) is 43.9 Å². The average Bonchev–Trinajstić information content (AvgIpc) is 2.63. The summed E-state index contributed by atoms with van der Waals surface area (Å²) in [6.07, 6.45) is 1.27. The van der Waals surface area contributed by atoms with Gasteiger partial charge in [0.15, 0.2) is 0 Å². The minimum absolute atomic E-state index is 0.409. The predicted octanol–water partition coefficient (Wildman–Crippen LogP) is 4.58. The van der Waals surface area contributed by atoms with Gasteiger partial charge in [-0.05, 0) is 36.6 Å². The second-order valence-electron chi connectivity index (χ2n) is 5.61. The zero-order valence-electron chi connectivity index (χ0n) is 10.6.